The van der Waals surface area contributed by atoms with Gasteiger partial charge in [0.2, 0.25) is 5.71 Å². The van der Waals surface area contributed by atoms with Crippen LogP contribution in [0.1, 0.15) is 32.0 Å². The van der Waals surface area contributed by atoms with Crippen molar-refractivity contribution in [2.75, 3.05) is 9.80 Å². The predicted molar refractivity (Wildman–Crippen MR) is 143 cm³/mol. The number of hydrogen-bond donors (Lipinski definition) is 0. The van der Waals surface area contributed by atoms with Crippen LogP contribution in [0.5, 0.6) is 0 Å². The van der Waals surface area contributed by atoms with Crippen molar-refractivity contribution >= 4 is 39.3 Å². The van der Waals surface area contributed by atoms with Crippen molar-refractivity contribution in [1.82, 2.24) is 4.98 Å². The zero-order valence-corrected chi connectivity index (χ0v) is 21.2. The van der Waals surface area contributed by atoms with Crippen molar-refractivity contribution < 1.29 is 8.98 Å². The van der Waals surface area contributed by atoms with Gasteiger partial charge in [-0.25, -0.2) is 14.5 Å². The van der Waals surface area contributed by atoms with Gasteiger partial charge in [0.25, 0.3) is 5.82 Å². The van der Waals surface area contributed by atoms with E-state index in [1.54, 1.807) is 0 Å². The summed E-state index contributed by atoms with van der Waals surface area (Å²) in [6.07, 6.45) is 0.198. The normalized spacial score (nSPS) is 15.6. The average molecular weight is 464 g/mol. The second-order valence-corrected chi connectivity index (χ2v) is 9.86. The molecule has 0 N–H and O–H groups in total. The third-order valence-corrected chi connectivity index (χ3v) is 7.31. The highest BCUT2D eigenvalue weighted by Crippen LogP contribution is 2.44. The van der Waals surface area contributed by atoms with Crippen molar-refractivity contribution in [3.63, 3.8) is 0 Å². The van der Waals surface area contributed by atoms with Gasteiger partial charge in [0, 0.05) is 28.6 Å². The van der Waals surface area contributed by atoms with Crippen molar-refractivity contribution in [2.24, 2.45) is 7.05 Å². The maximum absolute atomic E-state index is 6.40. The van der Waals surface area contributed by atoms with Crippen LogP contribution >= 0.6 is 0 Å². The van der Waals surface area contributed by atoms with Crippen LogP contribution in [0.4, 0.5) is 17.2 Å². The molecule has 0 saturated heterocycles. The van der Waals surface area contributed by atoms with Gasteiger partial charge in [-0.2, -0.15) is 0 Å². The fraction of sp³-hybridized carbons (Fsp3) is 0.267. The molecule has 1 aliphatic rings. The quantitative estimate of drug-likeness (QED) is 0.276. The maximum Gasteiger partial charge on any atom is 0.283 e. The number of fused-ring (bicyclic) bond motifs is 4. The van der Waals surface area contributed by atoms with Crippen molar-refractivity contribution in [1.29, 1.82) is 0 Å². The molecule has 3 aromatic heterocycles. The third kappa shape index (κ3) is 3.14. The van der Waals surface area contributed by atoms with E-state index in [-0.39, 0.29) is 6.17 Å². The minimum atomic E-state index is 0.198. The second kappa shape index (κ2) is 7.84. The van der Waals surface area contributed by atoms with Crippen LogP contribution < -0.4 is 14.4 Å². The molecule has 1 unspecified atom stereocenters. The van der Waals surface area contributed by atoms with E-state index >= 15 is 0 Å². The monoisotopic (exact) mass is 463 g/mol. The maximum atomic E-state index is 6.40. The van der Waals surface area contributed by atoms with Gasteiger partial charge >= 0.3 is 0 Å². The highest BCUT2D eigenvalue weighted by atomic mass is 16.3. The number of para-hydroxylation sites is 2. The predicted octanol–water partition coefficient (Wildman–Crippen LogP) is 6.80. The topological polar surface area (TPSA) is 36.4 Å². The van der Waals surface area contributed by atoms with E-state index in [9.17, 15) is 0 Å². The number of aryl methyl sites for hydroxylation is 2. The van der Waals surface area contributed by atoms with E-state index in [4.69, 9.17) is 4.42 Å². The van der Waals surface area contributed by atoms with E-state index in [1.165, 1.54) is 16.9 Å². The van der Waals surface area contributed by atoms with Gasteiger partial charge in [-0.3, -0.25) is 0 Å². The van der Waals surface area contributed by atoms with Crippen molar-refractivity contribution in [3.05, 3.63) is 78.0 Å². The number of hydrogen-bond acceptors (Lipinski definition) is 4. The summed E-state index contributed by atoms with van der Waals surface area (Å²) >= 11 is 0. The number of benzene rings is 2. The van der Waals surface area contributed by atoms with Gasteiger partial charge in [0.1, 0.15) is 11.3 Å². The minimum Gasteiger partial charge on any atom is -0.437 e. The molecular formula is C30H31N4O+. The molecule has 0 fully saturated rings. The lowest BCUT2D eigenvalue weighted by atomic mass is 10.0. The van der Waals surface area contributed by atoms with E-state index in [2.05, 4.69) is 115 Å². The standard InChI is InChI=1S/C30H31N4O/c1-18(2)33-21(5)34(25-11-8-7-10-24(25)33)27-13-9-12-26(32(27)6)28-19(3)14-16-22-23-17-15-20(4)31-30(23)35-29(22)28/h7-18,21H,1-6H3/q+1. The first-order valence-electron chi connectivity index (χ1n) is 12.3. The summed E-state index contributed by atoms with van der Waals surface area (Å²) in [6.45, 7) is 11.0. The van der Waals surface area contributed by atoms with Gasteiger partial charge in [-0.1, -0.05) is 24.3 Å². The van der Waals surface area contributed by atoms with Crippen LogP contribution in [-0.2, 0) is 7.05 Å². The largest absolute Gasteiger partial charge is 0.437 e. The fourth-order valence-electron chi connectivity index (χ4n) is 5.73. The van der Waals surface area contributed by atoms with Gasteiger partial charge in [0.05, 0.1) is 18.3 Å². The molecule has 0 aliphatic carbocycles. The molecule has 5 aromatic rings. The van der Waals surface area contributed by atoms with Gasteiger partial charge in [-0.05, 0) is 76.6 Å². The van der Waals surface area contributed by atoms with E-state index in [0.29, 0.717) is 11.8 Å². The van der Waals surface area contributed by atoms with Crippen LogP contribution in [0, 0.1) is 13.8 Å². The molecule has 4 heterocycles. The first-order valence-corrected chi connectivity index (χ1v) is 12.3. The van der Waals surface area contributed by atoms with Gasteiger partial charge < -0.3 is 9.32 Å². The van der Waals surface area contributed by atoms with Crippen LogP contribution in [0.3, 0.4) is 0 Å². The van der Waals surface area contributed by atoms with Crippen molar-refractivity contribution in [2.45, 2.75) is 46.8 Å². The molecule has 1 aliphatic heterocycles. The summed E-state index contributed by atoms with van der Waals surface area (Å²) in [5.41, 5.74) is 8.47. The number of pyridine rings is 2. The summed E-state index contributed by atoms with van der Waals surface area (Å²) in [5, 5.41) is 2.16. The van der Waals surface area contributed by atoms with Crippen LogP contribution in [0.2, 0.25) is 0 Å². The lowest BCUT2D eigenvalue weighted by Gasteiger charge is -2.29. The van der Waals surface area contributed by atoms with E-state index < -0.39 is 0 Å². The number of aromatic nitrogens is 2. The number of nitrogens with zero attached hydrogens (tertiary/aromatic N) is 4. The Hall–Kier alpha value is -3.86. The SMILES string of the molecule is Cc1ccc2c(n1)oc1c(-c3cccc(N4c5ccccc5N(C(C)C)C4C)[n+]3C)c(C)ccc12. The minimum absolute atomic E-state index is 0.198. The molecule has 0 bridgehead atoms. The Morgan fingerprint density at radius 1 is 0.886 bits per heavy atom. The summed E-state index contributed by atoms with van der Waals surface area (Å²) in [7, 11) is 2.15. The Morgan fingerprint density at radius 3 is 2.40 bits per heavy atom. The highest BCUT2D eigenvalue weighted by Gasteiger charge is 2.42. The molecule has 0 radical (unpaired) electrons. The number of furan rings is 1. The van der Waals surface area contributed by atoms with Crippen LogP contribution in [-0.4, -0.2) is 17.2 Å². The molecule has 0 amide bonds. The third-order valence-electron chi connectivity index (χ3n) is 7.31. The van der Waals surface area contributed by atoms with Crippen molar-refractivity contribution in [3.8, 4) is 11.3 Å². The molecule has 176 valence electrons. The zero-order chi connectivity index (χ0) is 24.4. The number of anilines is 3. The summed E-state index contributed by atoms with van der Waals surface area (Å²) in [6, 6.07) is 24.1. The van der Waals surface area contributed by atoms with Gasteiger partial charge in [-0.15, -0.1) is 0 Å². The Morgan fingerprint density at radius 2 is 1.63 bits per heavy atom. The summed E-state index contributed by atoms with van der Waals surface area (Å²) < 4.78 is 8.70. The van der Waals surface area contributed by atoms with Gasteiger partial charge in [0.15, 0.2) is 11.9 Å². The Balaban J connectivity index is 1.57. The molecule has 0 saturated carbocycles. The lowest BCUT2D eigenvalue weighted by Crippen LogP contribution is -2.47. The summed E-state index contributed by atoms with van der Waals surface area (Å²) in [5.74, 6) is 1.15. The smallest absolute Gasteiger partial charge is 0.283 e. The molecule has 6 rings (SSSR count). The highest BCUT2D eigenvalue weighted by molar-refractivity contribution is 6.08. The second-order valence-electron chi connectivity index (χ2n) is 9.86. The average Bonchev–Trinajstić information content (AvgIpc) is 3.33. The molecule has 5 nitrogen and oxygen atoms in total. The first-order chi connectivity index (χ1) is 16.9. The van der Waals surface area contributed by atoms with Crippen LogP contribution in [0.25, 0.3) is 33.3 Å². The Bertz CT molecular complexity index is 1600. The molecule has 1 atom stereocenters. The van der Waals surface area contributed by atoms with E-state index in [0.717, 1.165) is 39.1 Å². The zero-order valence-electron chi connectivity index (χ0n) is 21.2. The Labute approximate surface area is 206 Å². The number of rotatable bonds is 3. The molecule has 0 spiro atoms. The molecule has 2 aromatic carbocycles. The summed E-state index contributed by atoms with van der Waals surface area (Å²) in [4.78, 5) is 9.58. The molecule has 35 heavy (non-hydrogen) atoms. The first kappa shape index (κ1) is 21.7. The molecule has 5 heteroatoms. The van der Waals surface area contributed by atoms with E-state index in [1.807, 2.05) is 13.0 Å². The Kier molecular flexibility index (Phi) is 4.85. The van der Waals surface area contributed by atoms with Crippen LogP contribution in [0.15, 0.2) is 71.1 Å². The molecular weight excluding hydrogens is 432 g/mol. The lowest BCUT2D eigenvalue weighted by molar-refractivity contribution is -0.647. The fourth-order valence-corrected chi connectivity index (χ4v) is 5.73.